The molecule has 0 radical (unpaired) electrons. The summed E-state index contributed by atoms with van der Waals surface area (Å²) < 4.78 is 2.41. The summed E-state index contributed by atoms with van der Waals surface area (Å²) in [7, 11) is 0. The summed E-state index contributed by atoms with van der Waals surface area (Å²) in [6.07, 6.45) is 0.683. The van der Waals surface area contributed by atoms with Crippen LogP contribution in [0.4, 0.5) is 0 Å². The molecule has 2 aromatic carbocycles. The maximum absolute atomic E-state index is 13.3. The molecule has 2 N–H and O–H groups in total. The largest absolute Gasteiger partial charge is 0.508 e. The van der Waals surface area contributed by atoms with Crippen LogP contribution in [0.15, 0.2) is 46.9 Å². The van der Waals surface area contributed by atoms with Crippen LogP contribution in [0.2, 0.25) is 0 Å². The molecule has 28 heavy (non-hydrogen) atoms. The fraction of sp³-hybridized carbons (Fsp3) is 0.273. The third kappa shape index (κ3) is 3.44. The second-order valence-electron chi connectivity index (χ2n) is 7.05. The number of rotatable bonds is 5. The number of carboxylic acid groups (broad SMARTS) is 1. The summed E-state index contributed by atoms with van der Waals surface area (Å²) in [6, 6.07) is 11.7. The van der Waals surface area contributed by atoms with Gasteiger partial charge in [0.2, 0.25) is 0 Å². The summed E-state index contributed by atoms with van der Waals surface area (Å²) in [4.78, 5) is 25.4. The van der Waals surface area contributed by atoms with Crippen LogP contribution in [0.3, 0.4) is 0 Å². The van der Waals surface area contributed by atoms with Crippen molar-refractivity contribution in [2.75, 3.05) is 0 Å². The van der Waals surface area contributed by atoms with Crippen LogP contribution in [0, 0.1) is 12.8 Å². The minimum Gasteiger partial charge on any atom is -0.508 e. The highest BCUT2D eigenvalue weighted by Gasteiger charge is 2.32. The van der Waals surface area contributed by atoms with Crippen LogP contribution in [0.5, 0.6) is 5.75 Å². The zero-order valence-electron chi connectivity index (χ0n) is 15.9. The topological polar surface area (TPSA) is 79.5 Å². The number of fused-ring (bicyclic) bond motifs is 1. The van der Waals surface area contributed by atoms with Gasteiger partial charge in [0, 0.05) is 21.1 Å². The van der Waals surface area contributed by atoms with Crippen LogP contribution in [0.25, 0.3) is 10.9 Å². The van der Waals surface area contributed by atoms with Gasteiger partial charge in [-0.3, -0.25) is 14.2 Å². The van der Waals surface area contributed by atoms with E-state index in [1.165, 1.54) is 6.07 Å². The Kier molecular flexibility index (Phi) is 5.61. The summed E-state index contributed by atoms with van der Waals surface area (Å²) in [5.41, 5.74) is 2.26. The zero-order valence-corrected chi connectivity index (χ0v) is 17.5. The Labute approximate surface area is 171 Å². The van der Waals surface area contributed by atoms with Crippen LogP contribution in [-0.4, -0.2) is 26.7 Å². The summed E-state index contributed by atoms with van der Waals surface area (Å²) >= 11 is 3.36. The molecule has 146 valence electrons. The molecule has 0 saturated carbocycles. The second-order valence-corrected chi connectivity index (χ2v) is 7.97. The van der Waals surface area contributed by atoms with Crippen LogP contribution >= 0.6 is 15.9 Å². The van der Waals surface area contributed by atoms with Crippen molar-refractivity contribution in [2.45, 2.75) is 33.1 Å². The molecular formula is C22H22BrNO4. The fourth-order valence-electron chi connectivity index (χ4n) is 3.69. The number of aliphatic carboxylic acids is 1. The van der Waals surface area contributed by atoms with Gasteiger partial charge in [-0.15, -0.1) is 0 Å². The first-order chi connectivity index (χ1) is 13.3. The highest BCUT2D eigenvalue weighted by molar-refractivity contribution is 9.10. The molecule has 0 aliphatic heterocycles. The van der Waals surface area contributed by atoms with Gasteiger partial charge in [-0.25, -0.2) is 0 Å². The van der Waals surface area contributed by atoms with Crippen molar-refractivity contribution in [3.05, 3.63) is 63.8 Å². The molecule has 3 aromatic rings. The van der Waals surface area contributed by atoms with Gasteiger partial charge < -0.3 is 10.2 Å². The van der Waals surface area contributed by atoms with Gasteiger partial charge in [0.05, 0.1) is 11.4 Å². The second kappa shape index (κ2) is 7.80. The van der Waals surface area contributed by atoms with E-state index in [0.717, 1.165) is 4.47 Å². The normalized spacial score (nSPS) is 13.4. The number of aromatic nitrogens is 1. The number of hydrogen-bond acceptors (Lipinski definition) is 3. The first-order valence-corrected chi connectivity index (χ1v) is 9.92. The van der Waals surface area contributed by atoms with Gasteiger partial charge in [-0.2, -0.15) is 0 Å². The average Bonchev–Trinajstić information content (AvgIpc) is 2.93. The molecule has 2 atom stereocenters. The summed E-state index contributed by atoms with van der Waals surface area (Å²) in [5, 5.41) is 20.5. The van der Waals surface area contributed by atoms with E-state index >= 15 is 0 Å². The smallest absolute Gasteiger partial charge is 0.311 e. The van der Waals surface area contributed by atoms with Crippen molar-refractivity contribution in [1.29, 1.82) is 0 Å². The highest BCUT2D eigenvalue weighted by atomic mass is 79.9. The molecule has 2 unspecified atom stereocenters. The predicted molar refractivity (Wildman–Crippen MR) is 112 cm³/mol. The Morgan fingerprint density at radius 3 is 2.36 bits per heavy atom. The molecule has 0 spiro atoms. The maximum atomic E-state index is 13.3. The van der Waals surface area contributed by atoms with Crippen molar-refractivity contribution in [3.8, 4) is 5.75 Å². The molecule has 6 heteroatoms. The van der Waals surface area contributed by atoms with Gasteiger partial charge in [0.25, 0.3) is 5.91 Å². The number of phenols is 1. The lowest BCUT2D eigenvalue weighted by Crippen LogP contribution is -2.21. The van der Waals surface area contributed by atoms with E-state index in [9.17, 15) is 19.8 Å². The van der Waals surface area contributed by atoms with Crippen molar-refractivity contribution >= 4 is 38.7 Å². The molecular weight excluding hydrogens is 422 g/mol. The standard InChI is InChI=1S/C22H22BrNO4/c1-4-12(2)19(22(27)28)20-13(3)24(18-10-9-16(25)11-17(18)20)21(26)14-5-7-15(23)8-6-14/h5-12,19,25H,4H2,1-3H3,(H,27,28). The lowest BCUT2D eigenvalue weighted by atomic mass is 9.84. The van der Waals surface area contributed by atoms with E-state index in [0.29, 0.717) is 34.1 Å². The minimum atomic E-state index is -0.934. The van der Waals surface area contributed by atoms with Crippen LogP contribution in [0.1, 0.15) is 47.8 Å². The van der Waals surface area contributed by atoms with E-state index in [4.69, 9.17) is 0 Å². The molecule has 1 aromatic heterocycles. The molecule has 0 amide bonds. The van der Waals surface area contributed by atoms with Crippen LogP contribution in [-0.2, 0) is 4.79 Å². The zero-order chi connectivity index (χ0) is 20.6. The lowest BCUT2D eigenvalue weighted by Gasteiger charge is -2.20. The number of phenolic OH excluding ortho intramolecular Hbond substituents is 1. The summed E-state index contributed by atoms with van der Waals surface area (Å²) in [5.74, 6) is -2.03. The first kappa shape index (κ1) is 20.1. The maximum Gasteiger partial charge on any atom is 0.311 e. The number of hydrogen-bond donors (Lipinski definition) is 2. The van der Waals surface area contributed by atoms with Crippen molar-refractivity contribution in [3.63, 3.8) is 0 Å². The van der Waals surface area contributed by atoms with E-state index in [1.54, 1.807) is 47.9 Å². The number of aromatic hydroxyl groups is 1. The molecule has 0 aliphatic rings. The van der Waals surface area contributed by atoms with Gasteiger partial charge >= 0.3 is 5.97 Å². The van der Waals surface area contributed by atoms with E-state index in [2.05, 4.69) is 15.9 Å². The molecule has 0 fully saturated rings. The number of benzene rings is 2. The monoisotopic (exact) mass is 443 g/mol. The van der Waals surface area contributed by atoms with Crippen molar-refractivity contribution in [2.24, 2.45) is 5.92 Å². The van der Waals surface area contributed by atoms with Gasteiger partial charge in [-0.05, 0) is 60.9 Å². The Balaban J connectivity index is 2.30. The molecule has 3 rings (SSSR count). The number of carbonyl (C=O) groups excluding carboxylic acids is 1. The number of nitrogens with zero attached hydrogens (tertiary/aromatic N) is 1. The molecule has 0 bridgehead atoms. The van der Waals surface area contributed by atoms with Gasteiger partial charge in [0.1, 0.15) is 5.75 Å². The number of carboxylic acids is 1. The summed E-state index contributed by atoms with van der Waals surface area (Å²) in [6.45, 7) is 5.60. The number of carbonyl (C=O) groups is 2. The quantitative estimate of drug-likeness (QED) is 0.558. The van der Waals surface area contributed by atoms with Crippen molar-refractivity contribution in [1.82, 2.24) is 4.57 Å². The minimum absolute atomic E-state index is 0.0373. The Bertz CT molecular complexity index is 1050. The van der Waals surface area contributed by atoms with E-state index in [1.807, 2.05) is 13.8 Å². The molecule has 5 nitrogen and oxygen atoms in total. The van der Waals surface area contributed by atoms with E-state index in [-0.39, 0.29) is 17.6 Å². The Morgan fingerprint density at radius 2 is 1.79 bits per heavy atom. The van der Waals surface area contributed by atoms with E-state index < -0.39 is 11.9 Å². The van der Waals surface area contributed by atoms with Gasteiger partial charge in [0.15, 0.2) is 0 Å². The molecule has 0 aliphatic carbocycles. The highest BCUT2D eigenvalue weighted by Crippen LogP contribution is 2.38. The number of halogens is 1. The predicted octanol–water partition coefficient (Wildman–Crippen LogP) is 5.32. The Morgan fingerprint density at radius 1 is 1.14 bits per heavy atom. The SMILES string of the molecule is CCC(C)C(C(=O)O)c1c(C)n(C(=O)c2ccc(Br)cc2)c2ccc(O)cc12. The third-order valence-electron chi connectivity index (χ3n) is 5.32. The third-order valence-corrected chi connectivity index (χ3v) is 5.85. The lowest BCUT2D eigenvalue weighted by molar-refractivity contribution is -0.140. The van der Waals surface area contributed by atoms with Gasteiger partial charge in [-0.1, -0.05) is 36.2 Å². The molecule has 0 saturated heterocycles. The fourth-order valence-corrected chi connectivity index (χ4v) is 3.96. The van der Waals surface area contributed by atoms with Crippen LogP contribution < -0.4 is 0 Å². The van der Waals surface area contributed by atoms with Crippen molar-refractivity contribution < 1.29 is 19.8 Å². The molecule has 1 heterocycles. The first-order valence-electron chi connectivity index (χ1n) is 9.13. The Hall–Kier alpha value is -2.60. The average molecular weight is 444 g/mol.